The molecule has 0 saturated carbocycles. The van der Waals surface area contributed by atoms with Crippen LogP contribution in [-0.4, -0.2) is 30.1 Å². The second kappa shape index (κ2) is 6.67. The maximum Gasteiger partial charge on any atom is 0.434 e. The molecule has 0 amide bonds. The lowest BCUT2D eigenvalue weighted by molar-refractivity contribution is -0.140. The van der Waals surface area contributed by atoms with E-state index in [1.54, 1.807) is 0 Å². The van der Waals surface area contributed by atoms with Crippen molar-refractivity contribution in [3.05, 3.63) is 54.6 Å². The van der Waals surface area contributed by atoms with Gasteiger partial charge in [-0.2, -0.15) is 13.2 Å². The van der Waals surface area contributed by atoms with Crippen molar-refractivity contribution in [2.45, 2.75) is 11.1 Å². The third kappa shape index (κ3) is 3.78. The maximum atomic E-state index is 13.2. The van der Waals surface area contributed by atoms with Crippen LogP contribution in [0, 0.1) is 0 Å². The SMILES string of the molecule is [11CH3]Oc1ccncc1-c1nc(C(F)(F)F)cn1-c1ccc(S(N)(=O)=O)cc1. The van der Waals surface area contributed by atoms with Gasteiger partial charge in [-0.3, -0.25) is 9.55 Å². The van der Waals surface area contributed by atoms with E-state index in [2.05, 4.69) is 9.97 Å². The summed E-state index contributed by atoms with van der Waals surface area (Å²) in [7, 11) is -2.55. The van der Waals surface area contributed by atoms with Crippen LogP contribution in [0.25, 0.3) is 17.1 Å². The van der Waals surface area contributed by atoms with Gasteiger partial charge in [-0.05, 0) is 30.3 Å². The van der Waals surface area contributed by atoms with Gasteiger partial charge >= 0.3 is 6.18 Å². The predicted molar refractivity (Wildman–Crippen MR) is 89.7 cm³/mol. The number of hydrogen-bond acceptors (Lipinski definition) is 5. The van der Waals surface area contributed by atoms with Crippen LogP contribution in [0.1, 0.15) is 5.69 Å². The highest BCUT2D eigenvalue weighted by molar-refractivity contribution is 7.89. The summed E-state index contributed by atoms with van der Waals surface area (Å²) in [5, 5.41) is 5.05. The highest BCUT2D eigenvalue weighted by atomic mass is 32.2. The van der Waals surface area contributed by atoms with Gasteiger partial charge in [-0.25, -0.2) is 18.5 Å². The summed E-state index contributed by atoms with van der Waals surface area (Å²) in [6.07, 6.45) is -1.10. The summed E-state index contributed by atoms with van der Waals surface area (Å²) in [6.45, 7) is 0. The zero-order valence-corrected chi connectivity index (χ0v) is 14.6. The maximum absolute atomic E-state index is 13.2. The van der Waals surface area contributed by atoms with Crippen molar-refractivity contribution in [3.8, 4) is 22.8 Å². The quantitative estimate of drug-likeness (QED) is 0.729. The number of imidazole rings is 1. The number of methoxy groups -OCH3 is 1. The highest BCUT2D eigenvalue weighted by Crippen LogP contribution is 2.35. The van der Waals surface area contributed by atoms with Crippen molar-refractivity contribution >= 4 is 10.0 Å². The van der Waals surface area contributed by atoms with E-state index in [9.17, 15) is 21.6 Å². The number of nitrogens with zero attached hydrogens (tertiary/aromatic N) is 3. The topological polar surface area (TPSA) is 100 Å². The van der Waals surface area contributed by atoms with E-state index in [1.807, 2.05) is 0 Å². The van der Waals surface area contributed by atoms with Gasteiger partial charge in [0.15, 0.2) is 11.5 Å². The fourth-order valence-corrected chi connectivity index (χ4v) is 2.94. The molecule has 7 nitrogen and oxygen atoms in total. The number of halogens is 3. The summed E-state index contributed by atoms with van der Waals surface area (Å²) >= 11 is 0. The Morgan fingerprint density at radius 3 is 2.37 bits per heavy atom. The lowest BCUT2D eigenvalue weighted by atomic mass is 10.2. The number of alkyl halides is 3. The van der Waals surface area contributed by atoms with Gasteiger partial charge in [0, 0.05) is 24.3 Å². The Balaban J connectivity index is 2.21. The summed E-state index contributed by atoms with van der Waals surface area (Å²) < 4.78 is 68.7. The fourth-order valence-electron chi connectivity index (χ4n) is 2.43. The Labute approximate surface area is 152 Å². The number of pyridine rings is 1. The van der Waals surface area contributed by atoms with E-state index in [4.69, 9.17) is 9.88 Å². The van der Waals surface area contributed by atoms with Crippen molar-refractivity contribution in [1.29, 1.82) is 0 Å². The van der Waals surface area contributed by atoms with E-state index in [0.717, 1.165) is 6.20 Å². The molecule has 0 radical (unpaired) electrons. The Kier molecular flexibility index (Phi) is 4.66. The minimum atomic E-state index is -4.67. The molecule has 0 saturated heterocycles. The zero-order chi connectivity index (χ0) is 19.8. The molecule has 1 aromatic carbocycles. The number of hydrogen-bond donors (Lipinski definition) is 1. The van der Waals surface area contributed by atoms with Crippen LogP contribution < -0.4 is 9.88 Å². The third-order valence-electron chi connectivity index (χ3n) is 3.68. The van der Waals surface area contributed by atoms with Gasteiger partial charge in [0.2, 0.25) is 10.0 Å². The predicted octanol–water partition coefficient (Wildman–Crippen LogP) is 2.61. The van der Waals surface area contributed by atoms with E-state index in [0.29, 0.717) is 0 Å². The largest absolute Gasteiger partial charge is 0.496 e. The van der Waals surface area contributed by atoms with Crippen molar-refractivity contribution in [2.75, 3.05) is 7.11 Å². The molecule has 3 rings (SSSR count). The average molecular weight is 397 g/mol. The van der Waals surface area contributed by atoms with Gasteiger partial charge in [-0.15, -0.1) is 0 Å². The molecular formula is C16H13F3N4O3S. The number of benzene rings is 1. The Bertz CT molecular complexity index is 1080. The summed E-state index contributed by atoms with van der Waals surface area (Å²) in [6, 6.07) is 6.54. The molecule has 0 aliphatic heterocycles. The van der Waals surface area contributed by atoms with Crippen LogP contribution in [-0.2, 0) is 16.2 Å². The van der Waals surface area contributed by atoms with Gasteiger partial charge < -0.3 is 4.74 Å². The lowest BCUT2D eigenvalue weighted by Gasteiger charge is -2.11. The van der Waals surface area contributed by atoms with Crippen LogP contribution in [0.3, 0.4) is 0 Å². The molecule has 0 unspecified atom stereocenters. The number of nitrogens with two attached hydrogens (primary N) is 1. The molecular weight excluding hydrogens is 384 g/mol. The number of aromatic nitrogens is 3. The first kappa shape index (κ1) is 18.9. The smallest absolute Gasteiger partial charge is 0.434 e. The van der Waals surface area contributed by atoms with Gasteiger partial charge in [-0.1, -0.05) is 0 Å². The van der Waals surface area contributed by atoms with Crippen molar-refractivity contribution < 1.29 is 26.3 Å². The summed E-state index contributed by atoms with van der Waals surface area (Å²) in [4.78, 5) is 7.43. The minimum absolute atomic E-state index is 0.0596. The molecule has 3 aromatic rings. The van der Waals surface area contributed by atoms with Crippen LogP contribution >= 0.6 is 0 Å². The van der Waals surface area contributed by atoms with Crippen LogP contribution in [0.2, 0.25) is 0 Å². The number of ether oxygens (including phenoxy) is 1. The standard InChI is InChI=1S/C16H13F3N4O3S/c1-26-13-6-7-21-8-12(13)15-22-14(16(17,18)19)9-23(15)10-2-4-11(5-3-10)27(20,24)25/h2-9H,1H3,(H2,20,24,25)/i1-1. The normalized spacial score (nSPS) is 12.2. The molecule has 0 fully saturated rings. The van der Waals surface area contributed by atoms with Crippen LogP contribution in [0.15, 0.2) is 53.8 Å². The number of rotatable bonds is 4. The molecule has 2 N–H and O–H groups in total. The monoisotopic (exact) mass is 397 g/mol. The second-order valence-electron chi connectivity index (χ2n) is 5.43. The molecule has 0 atom stereocenters. The molecule has 0 spiro atoms. The number of sulfonamides is 1. The molecule has 2 aromatic heterocycles. The fraction of sp³-hybridized carbons (Fsp3) is 0.125. The van der Waals surface area contributed by atoms with Crippen molar-refractivity contribution in [3.63, 3.8) is 0 Å². The Hall–Kier alpha value is -2.92. The highest BCUT2D eigenvalue weighted by Gasteiger charge is 2.35. The van der Waals surface area contributed by atoms with Crippen molar-refractivity contribution in [2.24, 2.45) is 5.14 Å². The number of primary sulfonamides is 1. The molecule has 0 bridgehead atoms. The first-order valence-electron chi connectivity index (χ1n) is 7.39. The molecule has 27 heavy (non-hydrogen) atoms. The van der Waals surface area contributed by atoms with Gasteiger partial charge in [0.05, 0.1) is 17.6 Å². The third-order valence-corrected chi connectivity index (χ3v) is 4.61. The van der Waals surface area contributed by atoms with Crippen LogP contribution in [0.4, 0.5) is 13.2 Å². The van der Waals surface area contributed by atoms with E-state index >= 15 is 0 Å². The van der Waals surface area contributed by atoms with Gasteiger partial charge in [0.1, 0.15) is 5.75 Å². The van der Waals surface area contributed by atoms with Gasteiger partial charge in [0.25, 0.3) is 0 Å². The molecule has 2 heterocycles. The molecule has 11 heteroatoms. The zero-order valence-electron chi connectivity index (χ0n) is 13.8. The average Bonchev–Trinajstić information content (AvgIpc) is 3.06. The van der Waals surface area contributed by atoms with E-state index in [1.165, 1.54) is 54.4 Å². The summed E-state index contributed by atoms with van der Waals surface area (Å²) in [5.74, 6) is 0.224. The van der Waals surface area contributed by atoms with E-state index < -0.39 is 21.9 Å². The lowest BCUT2D eigenvalue weighted by Crippen LogP contribution is -2.12. The first-order valence-corrected chi connectivity index (χ1v) is 8.94. The first-order chi connectivity index (χ1) is 12.6. The minimum Gasteiger partial charge on any atom is -0.496 e. The van der Waals surface area contributed by atoms with Crippen LogP contribution in [0.5, 0.6) is 5.75 Å². The molecule has 142 valence electrons. The summed E-state index contributed by atoms with van der Waals surface area (Å²) in [5.41, 5.74) is -0.615. The molecule has 0 aliphatic carbocycles. The molecule has 0 aliphatic rings. The van der Waals surface area contributed by atoms with E-state index in [-0.39, 0.29) is 27.7 Å². The second-order valence-corrected chi connectivity index (χ2v) is 6.99. The van der Waals surface area contributed by atoms with Crippen molar-refractivity contribution in [1.82, 2.24) is 14.5 Å². The Morgan fingerprint density at radius 1 is 1.15 bits per heavy atom. The Morgan fingerprint density at radius 2 is 1.81 bits per heavy atom.